The molecule has 0 saturated heterocycles. The highest BCUT2D eigenvalue weighted by Crippen LogP contribution is 2.03. The van der Waals surface area contributed by atoms with Gasteiger partial charge in [-0.2, -0.15) is 5.10 Å². The summed E-state index contributed by atoms with van der Waals surface area (Å²) in [6, 6.07) is 5.97. The first-order valence-corrected chi connectivity index (χ1v) is 3.82. The molecule has 0 aliphatic carbocycles. The summed E-state index contributed by atoms with van der Waals surface area (Å²) < 4.78 is 0. The van der Waals surface area contributed by atoms with Crippen molar-refractivity contribution in [1.82, 2.24) is 15.2 Å². The molecule has 0 amide bonds. The van der Waals surface area contributed by atoms with Crippen molar-refractivity contribution in [3.05, 3.63) is 48.0 Å². The number of H-pyrrole nitrogens is 1. The topological polar surface area (TPSA) is 41.6 Å². The van der Waals surface area contributed by atoms with Gasteiger partial charge < -0.3 is 0 Å². The molecule has 0 aliphatic rings. The van der Waals surface area contributed by atoms with Crippen LogP contribution in [0.25, 0.3) is 0 Å². The average molecular weight is 159 g/mol. The number of pyridine rings is 1. The number of nitrogens with one attached hydrogen (secondary N) is 1. The van der Waals surface area contributed by atoms with Crippen molar-refractivity contribution in [3.8, 4) is 0 Å². The molecular formula is C9H9N3. The van der Waals surface area contributed by atoms with Gasteiger partial charge in [0.15, 0.2) is 0 Å². The maximum absolute atomic E-state index is 3.95. The van der Waals surface area contributed by atoms with Crippen molar-refractivity contribution in [3.63, 3.8) is 0 Å². The van der Waals surface area contributed by atoms with Gasteiger partial charge in [-0.1, -0.05) is 0 Å². The molecule has 60 valence electrons. The summed E-state index contributed by atoms with van der Waals surface area (Å²) in [7, 11) is 0. The largest absolute Gasteiger partial charge is 0.282 e. The molecular weight excluding hydrogens is 150 g/mol. The number of aromatic nitrogens is 3. The Morgan fingerprint density at radius 2 is 1.92 bits per heavy atom. The van der Waals surface area contributed by atoms with Gasteiger partial charge in [-0.25, -0.2) is 0 Å². The van der Waals surface area contributed by atoms with E-state index < -0.39 is 0 Å². The minimum absolute atomic E-state index is 0.891. The first-order chi connectivity index (χ1) is 5.95. The lowest BCUT2D eigenvalue weighted by molar-refractivity contribution is 0.994. The summed E-state index contributed by atoms with van der Waals surface area (Å²) in [6.45, 7) is 0. The standard InChI is InChI=1S/C9H9N3/c1-4-10-5-2-8(1)7-9-3-6-11-12-9/h1-6H,7H2,(H,11,12). The fraction of sp³-hybridized carbons (Fsp3) is 0.111. The Bertz CT molecular complexity index is 326. The normalized spacial score (nSPS) is 10.0. The Balaban J connectivity index is 2.15. The predicted octanol–water partition coefficient (Wildman–Crippen LogP) is 1.40. The summed E-state index contributed by atoms with van der Waals surface area (Å²) in [5.74, 6) is 0. The predicted molar refractivity (Wildman–Crippen MR) is 45.6 cm³/mol. The van der Waals surface area contributed by atoms with Crippen molar-refractivity contribution in [2.75, 3.05) is 0 Å². The van der Waals surface area contributed by atoms with Crippen molar-refractivity contribution in [1.29, 1.82) is 0 Å². The van der Waals surface area contributed by atoms with Crippen LogP contribution in [-0.4, -0.2) is 15.2 Å². The van der Waals surface area contributed by atoms with Crippen LogP contribution >= 0.6 is 0 Å². The quantitative estimate of drug-likeness (QED) is 0.719. The minimum Gasteiger partial charge on any atom is -0.282 e. The third-order valence-electron chi connectivity index (χ3n) is 1.70. The minimum atomic E-state index is 0.891. The number of aromatic amines is 1. The Kier molecular flexibility index (Phi) is 1.86. The van der Waals surface area contributed by atoms with Gasteiger partial charge in [0.1, 0.15) is 0 Å². The Labute approximate surface area is 70.5 Å². The van der Waals surface area contributed by atoms with E-state index in [2.05, 4.69) is 15.2 Å². The first kappa shape index (κ1) is 7.03. The SMILES string of the molecule is c1cc(Cc2ccn[nH]2)ccn1. The van der Waals surface area contributed by atoms with E-state index in [0.717, 1.165) is 12.1 Å². The fourth-order valence-corrected chi connectivity index (χ4v) is 1.10. The van der Waals surface area contributed by atoms with Crippen LogP contribution in [0.1, 0.15) is 11.3 Å². The van der Waals surface area contributed by atoms with Gasteiger partial charge in [0.05, 0.1) is 0 Å². The van der Waals surface area contributed by atoms with Crippen molar-refractivity contribution in [2.24, 2.45) is 0 Å². The zero-order valence-electron chi connectivity index (χ0n) is 6.57. The van der Waals surface area contributed by atoms with Crippen molar-refractivity contribution >= 4 is 0 Å². The van der Waals surface area contributed by atoms with Gasteiger partial charge in [-0.05, 0) is 23.8 Å². The highest BCUT2D eigenvalue weighted by atomic mass is 15.1. The molecule has 2 aromatic heterocycles. The van der Waals surface area contributed by atoms with Crippen molar-refractivity contribution in [2.45, 2.75) is 6.42 Å². The molecule has 12 heavy (non-hydrogen) atoms. The fourth-order valence-electron chi connectivity index (χ4n) is 1.10. The molecule has 0 bridgehead atoms. The van der Waals surface area contributed by atoms with Gasteiger partial charge in [0, 0.05) is 30.7 Å². The molecule has 2 aromatic rings. The molecule has 2 heterocycles. The van der Waals surface area contributed by atoms with Crippen LogP contribution in [0.5, 0.6) is 0 Å². The number of hydrogen-bond acceptors (Lipinski definition) is 2. The summed E-state index contributed by atoms with van der Waals surface area (Å²) in [5, 5.41) is 6.79. The van der Waals surface area contributed by atoms with E-state index >= 15 is 0 Å². The molecule has 0 radical (unpaired) electrons. The van der Waals surface area contributed by atoms with Crippen LogP contribution in [0.15, 0.2) is 36.8 Å². The number of nitrogens with zero attached hydrogens (tertiary/aromatic N) is 2. The highest BCUT2D eigenvalue weighted by Gasteiger charge is 1.94. The van der Waals surface area contributed by atoms with Crippen LogP contribution in [0, 0.1) is 0 Å². The van der Waals surface area contributed by atoms with Crippen LogP contribution in [0.4, 0.5) is 0 Å². The molecule has 0 unspecified atom stereocenters. The van der Waals surface area contributed by atoms with Crippen molar-refractivity contribution < 1.29 is 0 Å². The molecule has 3 nitrogen and oxygen atoms in total. The summed E-state index contributed by atoms with van der Waals surface area (Å²) in [4.78, 5) is 3.95. The lowest BCUT2D eigenvalue weighted by Crippen LogP contribution is -1.87. The molecule has 0 atom stereocenters. The number of hydrogen-bond donors (Lipinski definition) is 1. The zero-order chi connectivity index (χ0) is 8.23. The molecule has 0 saturated carbocycles. The van der Waals surface area contributed by atoms with Gasteiger partial charge >= 0.3 is 0 Å². The van der Waals surface area contributed by atoms with E-state index in [4.69, 9.17) is 0 Å². The second kappa shape index (κ2) is 3.17. The molecule has 3 heteroatoms. The lowest BCUT2D eigenvalue weighted by atomic mass is 10.1. The van der Waals surface area contributed by atoms with Crippen LogP contribution in [0.2, 0.25) is 0 Å². The monoisotopic (exact) mass is 159 g/mol. The Morgan fingerprint density at radius 3 is 2.58 bits per heavy atom. The van der Waals surface area contributed by atoms with E-state index in [1.165, 1.54) is 5.56 Å². The zero-order valence-corrected chi connectivity index (χ0v) is 6.57. The highest BCUT2D eigenvalue weighted by molar-refractivity contribution is 5.17. The summed E-state index contributed by atoms with van der Waals surface area (Å²) in [6.07, 6.45) is 6.25. The summed E-state index contributed by atoms with van der Waals surface area (Å²) in [5.41, 5.74) is 2.37. The lowest BCUT2D eigenvalue weighted by Gasteiger charge is -1.95. The van der Waals surface area contributed by atoms with E-state index in [0.29, 0.717) is 0 Å². The van der Waals surface area contributed by atoms with E-state index in [1.54, 1.807) is 18.6 Å². The average Bonchev–Trinajstić information content (AvgIpc) is 2.59. The third kappa shape index (κ3) is 1.50. The first-order valence-electron chi connectivity index (χ1n) is 3.82. The maximum atomic E-state index is 3.95. The van der Waals surface area contributed by atoms with Crippen LogP contribution in [0.3, 0.4) is 0 Å². The Hall–Kier alpha value is -1.64. The summed E-state index contributed by atoms with van der Waals surface area (Å²) >= 11 is 0. The maximum Gasteiger partial charge on any atom is 0.0490 e. The van der Waals surface area contributed by atoms with E-state index in [-0.39, 0.29) is 0 Å². The molecule has 0 spiro atoms. The molecule has 0 aliphatic heterocycles. The molecule has 1 N–H and O–H groups in total. The molecule has 2 rings (SSSR count). The molecule has 0 fully saturated rings. The van der Waals surface area contributed by atoms with Crippen LogP contribution < -0.4 is 0 Å². The smallest absolute Gasteiger partial charge is 0.0490 e. The molecule has 0 aromatic carbocycles. The van der Waals surface area contributed by atoms with Gasteiger partial charge in [-0.15, -0.1) is 0 Å². The van der Waals surface area contributed by atoms with Crippen LogP contribution in [-0.2, 0) is 6.42 Å². The van der Waals surface area contributed by atoms with E-state index in [1.807, 2.05) is 18.2 Å². The second-order valence-corrected chi connectivity index (χ2v) is 2.61. The van der Waals surface area contributed by atoms with Gasteiger partial charge in [-0.3, -0.25) is 10.1 Å². The third-order valence-corrected chi connectivity index (χ3v) is 1.70. The van der Waals surface area contributed by atoms with E-state index in [9.17, 15) is 0 Å². The second-order valence-electron chi connectivity index (χ2n) is 2.61. The Morgan fingerprint density at radius 1 is 1.08 bits per heavy atom. The number of rotatable bonds is 2. The van der Waals surface area contributed by atoms with Gasteiger partial charge in [0.25, 0.3) is 0 Å². The van der Waals surface area contributed by atoms with Gasteiger partial charge in [0.2, 0.25) is 0 Å².